The summed E-state index contributed by atoms with van der Waals surface area (Å²) in [6.45, 7) is 5.39. The molecule has 7 heteroatoms. The van der Waals surface area contributed by atoms with Crippen molar-refractivity contribution in [3.05, 3.63) is 77.4 Å². The predicted octanol–water partition coefficient (Wildman–Crippen LogP) is 3.81. The largest absolute Gasteiger partial charge is 0.506 e. The third-order valence-electron chi connectivity index (χ3n) is 5.65. The maximum Gasteiger partial charge on any atom is 0.170 e. The Hall–Kier alpha value is -2.90. The van der Waals surface area contributed by atoms with Crippen molar-refractivity contribution in [1.29, 1.82) is 0 Å². The van der Waals surface area contributed by atoms with Crippen LogP contribution in [0.15, 0.2) is 54.7 Å². The highest BCUT2D eigenvalue weighted by Crippen LogP contribution is 2.41. The Morgan fingerprint density at radius 2 is 1.93 bits per heavy atom. The number of aromatic nitrogens is 2. The van der Waals surface area contributed by atoms with E-state index in [1.54, 1.807) is 19.4 Å². The second kappa shape index (κ2) is 8.45. The van der Waals surface area contributed by atoms with Gasteiger partial charge < -0.3 is 24.6 Å². The van der Waals surface area contributed by atoms with Gasteiger partial charge in [0.15, 0.2) is 5.11 Å². The Kier molecular flexibility index (Phi) is 5.74. The molecular weight excluding hydrogens is 396 g/mol. The highest BCUT2D eigenvalue weighted by Gasteiger charge is 2.41. The number of ether oxygens (including phenoxy) is 1. The van der Waals surface area contributed by atoms with Gasteiger partial charge in [-0.1, -0.05) is 18.2 Å². The van der Waals surface area contributed by atoms with Crippen LogP contribution in [0, 0.1) is 13.8 Å². The van der Waals surface area contributed by atoms with Gasteiger partial charge in [0.1, 0.15) is 5.75 Å². The SMILES string of the molecule is COCCN1C(=S)N[C@@H](c2ccccn2)[C@@H]1c1cc(C)n(-c2ccccc2O)c1C. The zero-order valence-electron chi connectivity index (χ0n) is 17.4. The predicted molar refractivity (Wildman–Crippen MR) is 121 cm³/mol. The van der Waals surface area contributed by atoms with Crippen molar-refractivity contribution in [1.82, 2.24) is 19.8 Å². The van der Waals surface area contributed by atoms with Crippen molar-refractivity contribution < 1.29 is 9.84 Å². The molecule has 0 bridgehead atoms. The fourth-order valence-corrected chi connectivity index (χ4v) is 4.62. The summed E-state index contributed by atoms with van der Waals surface area (Å²) in [5.41, 5.74) is 4.97. The molecule has 0 saturated carbocycles. The third-order valence-corrected chi connectivity index (χ3v) is 6.00. The number of hydrogen-bond donors (Lipinski definition) is 2. The van der Waals surface area contributed by atoms with Gasteiger partial charge in [0, 0.05) is 31.2 Å². The lowest BCUT2D eigenvalue weighted by atomic mass is 9.97. The molecule has 2 aromatic heterocycles. The number of aromatic hydroxyl groups is 1. The minimum absolute atomic E-state index is 0.0339. The summed E-state index contributed by atoms with van der Waals surface area (Å²) in [6, 6.07) is 15.4. The molecule has 1 aliphatic rings. The fourth-order valence-electron chi connectivity index (χ4n) is 4.29. The molecule has 0 unspecified atom stereocenters. The molecule has 0 amide bonds. The minimum atomic E-state index is -0.0751. The summed E-state index contributed by atoms with van der Waals surface area (Å²) in [4.78, 5) is 6.77. The van der Waals surface area contributed by atoms with E-state index in [9.17, 15) is 5.11 Å². The van der Waals surface area contributed by atoms with Crippen LogP contribution in [0.2, 0.25) is 0 Å². The molecule has 6 nitrogen and oxygen atoms in total. The molecular formula is C23H26N4O2S. The quantitative estimate of drug-likeness (QED) is 0.589. The van der Waals surface area contributed by atoms with Gasteiger partial charge in [-0.3, -0.25) is 4.98 Å². The van der Waals surface area contributed by atoms with E-state index in [4.69, 9.17) is 17.0 Å². The number of phenolic OH excluding ortho intramolecular Hbond substituents is 1. The average molecular weight is 423 g/mol. The second-order valence-corrected chi connectivity index (χ2v) is 7.85. The Labute approximate surface area is 182 Å². The minimum Gasteiger partial charge on any atom is -0.506 e. The van der Waals surface area contributed by atoms with Crippen LogP contribution >= 0.6 is 12.2 Å². The van der Waals surface area contributed by atoms with Crippen LogP contribution in [0.3, 0.4) is 0 Å². The zero-order valence-corrected chi connectivity index (χ0v) is 18.2. The molecule has 1 fully saturated rings. The second-order valence-electron chi connectivity index (χ2n) is 7.46. The Balaban J connectivity index is 1.83. The smallest absolute Gasteiger partial charge is 0.170 e. The molecule has 0 aliphatic carbocycles. The van der Waals surface area contributed by atoms with E-state index < -0.39 is 0 Å². The number of nitrogens with one attached hydrogen (secondary N) is 1. The molecule has 1 saturated heterocycles. The van der Waals surface area contributed by atoms with E-state index >= 15 is 0 Å². The molecule has 2 atom stereocenters. The zero-order chi connectivity index (χ0) is 21.3. The molecule has 3 heterocycles. The first-order valence-corrected chi connectivity index (χ1v) is 10.4. The Bertz CT molecular complexity index is 1050. The summed E-state index contributed by atoms with van der Waals surface area (Å²) in [5.74, 6) is 0.253. The van der Waals surface area contributed by atoms with Gasteiger partial charge in [-0.25, -0.2) is 0 Å². The summed E-state index contributed by atoms with van der Waals surface area (Å²) < 4.78 is 7.43. The van der Waals surface area contributed by atoms with Crippen LogP contribution in [0.5, 0.6) is 5.75 Å². The first-order chi connectivity index (χ1) is 14.5. The first-order valence-electron chi connectivity index (χ1n) is 9.97. The maximum atomic E-state index is 10.4. The summed E-state index contributed by atoms with van der Waals surface area (Å²) in [7, 11) is 1.70. The van der Waals surface area contributed by atoms with Crippen molar-refractivity contribution in [2.45, 2.75) is 25.9 Å². The molecule has 4 rings (SSSR count). The van der Waals surface area contributed by atoms with Crippen molar-refractivity contribution in [2.75, 3.05) is 20.3 Å². The summed E-state index contributed by atoms with van der Waals surface area (Å²) in [5, 5.41) is 14.6. The number of phenols is 1. The van der Waals surface area contributed by atoms with Crippen LogP contribution < -0.4 is 5.32 Å². The number of nitrogens with zero attached hydrogens (tertiary/aromatic N) is 3. The number of aryl methyl sites for hydroxylation is 1. The van der Waals surface area contributed by atoms with Gasteiger partial charge in [-0.2, -0.15) is 0 Å². The number of pyridine rings is 1. The molecule has 1 aliphatic heterocycles. The van der Waals surface area contributed by atoms with E-state index in [-0.39, 0.29) is 17.8 Å². The van der Waals surface area contributed by atoms with Crippen LogP contribution in [0.25, 0.3) is 5.69 Å². The van der Waals surface area contributed by atoms with Gasteiger partial charge in [0.25, 0.3) is 0 Å². The third kappa shape index (κ3) is 3.55. The number of hydrogen-bond acceptors (Lipinski definition) is 4. The number of methoxy groups -OCH3 is 1. The van der Waals surface area contributed by atoms with Crippen molar-refractivity contribution in [3.63, 3.8) is 0 Å². The summed E-state index contributed by atoms with van der Waals surface area (Å²) >= 11 is 5.69. The van der Waals surface area contributed by atoms with Gasteiger partial charge in [0.2, 0.25) is 0 Å². The van der Waals surface area contributed by atoms with Crippen LogP contribution in [-0.4, -0.2) is 44.9 Å². The number of para-hydroxylation sites is 2. The highest BCUT2D eigenvalue weighted by molar-refractivity contribution is 7.80. The standard InChI is InChI=1S/C23H26N4O2S/c1-15-14-17(16(2)27(15)19-9-4-5-10-20(19)28)22-21(18-8-6-7-11-24-18)25-23(30)26(22)12-13-29-3/h4-11,14,21-22,28H,12-13H2,1-3H3,(H,25,30)/t21-,22-/m0/s1. The Morgan fingerprint density at radius 3 is 2.63 bits per heavy atom. The monoisotopic (exact) mass is 422 g/mol. The lowest BCUT2D eigenvalue weighted by molar-refractivity contribution is 0.164. The molecule has 0 spiro atoms. The van der Waals surface area contributed by atoms with Crippen LogP contribution in [0.1, 0.15) is 34.7 Å². The van der Waals surface area contributed by atoms with Crippen LogP contribution in [-0.2, 0) is 4.74 Å². The highest BCUT2D eigenvalue weighted by atomic mass is 32.1. The van der Waals surface area contributed by atoms with Gasteiger partial charge in [-0.15, -0.1) is 0 Å². The molecule has 0 radical (unpaired) electrons. The van der Waals surface area contributed by atoms with Crippen molar-refractivity contribution >= 4 is 17.3 Å². The topological polar surface area (TPSA) is 62.5 Å². The van der Waals surface area contributed by atoms with E-state index in [1.807, 2.05) is 36.4 Å². The van der Waals surface area contributed by atoms with E-state index in [1.165, 1.54) is 0 Å². The number of thiocarbonyl (C=S) groups is 1. The van der Waals surface area contributed by atoms with E-state index in [2.05, 4.69) is 39.7 Å². The Morgan fingerprint density at radius 1 is 1.17 bits per heavy atom. The van der Waals surface area contributed by atoms with E-state index in [0.717, 1.165) is 28.3 Å². The van der Waals surface area contributed by atoms with Gasteiger partial charge in [0.05, 0.1) is 30.1 Å². The normalized spacial score (nSPS) is 18.6. The number of benzene rings is 1. The van der Waals surface area contributed by atoms with Crippen molar-refractivity contribution in [2.24, 2.45) is 0 Å². The van der Waals surface area contributed by atoms with Crippen LogP contribution in [0.4, 0.5) is 0 Å². The summed E-state index contributed by atoms with van der Waals surface area (Å²) in [6.07, 6.45) is 1.81. The average Bonchev–Trinajstić information content (AvgIpc) is 3.23. The first kappa shape index (κ1) is 20.4. The molecule has 3 aromatic rings. The van der Waals surface area contributed by atoms with Crippen molar-refractivity contribution in [3.8, 4) is 11.4 Å². The lowest BCUT2D eigenvalue weighted by Crippen LogP contribution is -2.32. The van der Waals surface area contributed by atoms with Gasteiger partial charge >= 0.3 is 0 Å². The number of rotatable bonds is 6. The molecule has 30 heavy (non-hydrogen) atoms. The van der Waals surface area contributed by atoms with Gasteiger partial charge in [-0.05, 0) is 62.0 Å². The molecule has 1 aromatic carbocycles. The lowest BCUT2D eigenvalue weighted by Gasteiger charge is -2.28. The van der Waals surface area contributed by atoms with E-state index in [0.29, 0.717) is 18.3 Å². The molecule has 2 N–H and O–H groups in total. The molecule has 156 valence electrons. The fraction of sp³-hybridized carbons (Fsp3) is 0.304. The maximum absolute atomic E-state index is 10.4.